The van der Waals surface area contributed by atoms with Gasteiger partial charge in [0.25, 0.3) is 0 Å². The number of hydrogen-bond acceptors (Lipinski definition) is 2. The maximum atomic E-state index is 9.37. The molecule has 0 spiro atoms. The topological polar surface area (TPSA) is 29.5 Å². The van der Waals surface area contributed by atoms with Crippen molar-refractivity contribution in [2.75, 3.05) is 6.26 Å². The van der Waals surface area contributed by atoms with Crippen LogP contribution in [0.25, 0.3) is 0 Å². The lowest BCUT2D eigenvalue weighted by Crippen LogP contribution is -2.34. The van der Waals surface area contributed by atoms with E-state index in [-0.39, 0.29) is 22.0 Å². The average molecular weight is 219 g/mol. The summed E-state index contributed by atoms with van der Waals surface area (Å²) in [5.74, 6) is 0. The van der Waals surface area contributed by atoms with Crippen molar-refractivity contribution in [3.05, 3.63) is 0 Å². The van der Waals surface area contributed by atoms with Crippen LogP contribution in [0.5, 0.6) is 0 Å². The predicted octanol–water partition coefficient (Wildman–Crippen LogP) is 2.27. The van der Waals surface area contributed by atoms with Crippen molar-refractivity contribution >= 4 is 11.2 Å². The fraction of sp³-hybridized carbons (Fsp3) is 1.00. The summed E-state index contributed by atoms with van der Waals surface area (Å²) >= 11 is 0.0222. The van der Waals surface area contributed by atoms with Gasteiger partial charge in [-0.3, -0.25) is 0 Å². The molecule has 14 heavy (non-hydrogen) atoms. The highest BCUT2D eigenvalue weighted by molar-refractivity contribution is 7.93. The molecule has 84 valence electrons. The van der Waals surface area contributed by atoms with Crippen LogP contribution in [0, 0.1) is 0 Å². The molecule has 2 nitrogen and oxygen atoms in total. The number of rotatable bonds is 2. The molecule has 1 aliphatic carbocycles. The first kappa shape index (κ1) is 12.3. The average Bonchev–Trinajstić information content (AvgIpc) is 2.07. The molecular formula is C11H23O2S+. The SMILES string of the molecule is C[S+](OC1CCC(O)CC1)C(C)(C)C. The Morgan fingerprint density at radius 2 is 1.64 bits per heavy atom. The van der Waals surface area contributed by atoms with E-state index in [1.165, 1.54) is 0 Å². The molecule has 0 bridgehead atoms. The van der Waals surface area contributed by atoms with Crippen LogP contribution in [-0.2, 0) is 15.4 Å². The van der Waals surface area contributed by atoms with Gasteiger partial charge in [0, 0.05) is 0 Å². The summed E-state index contributed by atoms with van der Waals surface area (Å²) in [5, 5.41) is 9.37. The van der Waals surface area contributed by atoms with E-state index in [2.05, 4.69) is 27.0 Å². The lowest BCUT2D eigenvalue weighted by molar-refractivity contribution is 0.0734. The number of aliphatic hydroxyl groups is 1. The van der Waals surface area contributed by atoms with Crippen molar-refractivity contribution < 1.29 is 9.29 Å². The van der Waals surface area contributed by atoms with Gasteiger partial charge in [0.2, 0.25) is 0 Å². The second-order valence-corrected chi connectivity index (χ2v) is 7.42. The first-order chi connectivity index (χ1) is 6.39. The van der Waals surface area contributed by atoms with E-state index < -0.39 is 0 Å². The fourth-order valence-corrected chi connectivity index (χ4v) is 2.38. The van der Waals surface area contributed by atoms with Crippen molar-refractivity contribution in [2.45, 2.75) is 63.4 Å². The van der Waals surface area contributed by atoms with Crippen molar-refractivity contribution in [3.8, 4) is 0 Å². The number of aliphatic hydroxyl groups excluding tert-OH is 1. The number of hydrogen-bond donors (Lipinski definition) is 1. The Balaban J connectivity index is 2.31. The van der Waals surface area contributed by atoms with Crippen molar-refractivity contribution in [1.82, 2.24) is 0 Å². The second-order valence-electron chi connectivity index (χ2n) is 5.09. The Labute approximate surface area is 90.6 Å². The third-order valence-electron chi connectivity index (χ3n) is 2.79. The summed E-state index contributed by atoms with van der Waals surface area (Å²) in [7, 11) is 0. The van der Waals surface area contributed by atoms with Crippen LogP contribution in [0.3, 0.4) is 0 Å². The van der Waals surface area contributed by atoms with Gasteiger partial charge in [-0.15, -0.1) is 0 Å². The third-order valence-corrected chi connectivity index (χ3v) is 5.07. The smallest absolute Gasteiger partial charge is 0.152 e. The minimum absolute atomic E-state index is 0.0222. The highest BCUT2D eigenvalue weighted by Gasteiger charge is 2.35. The van der Waals surface area contributed by atoms with Crippen LogP contribution in [0.15, 0.2) is 0 Å². The summed E-state index contributed by atoms with van der Waals surface area (Å²) in [4.78, 5) is 0. The quantitative estimate of drug-likeness (QED) is 0.722. The molecule has 0 aromatic heterocycles. The minimum atomic E-state index is -0.0804. The zero-order chi connectivity index (χ0) is 10.8. The molecule has 1 fully saturated rings. The Bertz CT molecular complexity index is 169. The van der Waals surface area contributed by atoms with Crippen LogP contribution in [-0.4, -0.2) is 28.3 Å². The van der Waals surface area contributed by atoms with Crippen molar-refractivity contribution in [1.29, 1.82) is 0 Å². The first-order valence-electron chi connectivity index (χ1n) is 5.41. The molecule has 0 heterocycles. The van der Waals surface area contributed by atoms with E-state index in [9.17, 15) is 5.11 Å². The lowest BCUT2D eigenvalue weighted by Gasteiger charge is -2.26. The molecule has 1 aliphatic rings. The molecule has 0 aromatic carbocycles. The van der Waals surface area contributed by atoms with Crippen LogP contribution in [0.4, 0.5) is 0 Å². The van der Waals surface area contributed by atoms with E-state index in [1.54, 1.807) is 0 Å². The largest absolute Gasteiger partial charge is 0.393 e. The predicted molar refractivity (Wildman–Crippen MR) is 62.4 cm³/mol. The highest BCUT2D eigenvalue weighted by atomic mass is 32.2. The molecule has 1 unspecified atom stereocenters. The highest BCUT2D eigenvalue weighted by Crippen LogP contribution is 2.26. The molecule has 1 N–H and O–H groups in total. The van der Waals surface area contributed by atoms with E-state index >= 15 is 0 Å². The Kier molecular flexibility index (Phi) is 4.29. The standard InChI is InChI=1S/C11H23O2S/c1-11(2,3)14(4)13-10-7-5-9(12)6-8-10/h9-10,12H,5-8H2,1-4H3/q+1. The van der Waals surface area contributed by atoms with E-state index in [1.807, 2.05) is 0 Å². The van der Waals surface area contributed by atoms with Gasteiger partial charge in [-0.2, -0.15) is 4.18 Å². The molecule has 1 rings (SSSR count). The Morgan fingerprint density at radius 3 is 2.07 bits per heavy atom. The molecule has 1 saturated carbocycles. The summed E-state index contributed by atoms with van der Waals surface area (Å²) in [6.45, 7) is 6.65. The summed E-state index contributed by atoms with van der Waals surface area (Å²) < 4.78 is 6.27. The molecule has 3 heteroatoms. The van der Waals surface area contributed by atoms with Crippen LogP contribution < -0.4 is 0 Å². The maximum Gasteiger partial charge on any atom is 0.152 e. The van der Waals surface area contributed by atoms with Gasteiger partial charge < -0.3 is 5.11 Å². The van der Waals surface area contributed by atoms with Crippen LogP contribution in [0.1, 0.15) is 46.5 Å². The molecule has 0 radical (unpaired) electrons. The fourth-order valence-electron chi connectivity index (χ4n) is 1.49. The van der Waals surface area contributed by atoms with Gasteiger partial charge in [-0.1, -0.05) is 0 Å². The molecule has 0 amide bonds. The lowest BCUT2D eigenvalue weighted by atomic mass is 9.95. The normalized spacial score (nSPS) is 31.5. The molecular weight excluding hydrogens is 196 g/mol. The Hall–Kier alpha value is 0.270. The third kappa shape index (κ3) is 3.79. The molecule has 0 aromatic rings. The second kappa shape index (κ2) is 4.86. The van der Waals surface area contributed by atoms with Gasteiger partial charge in [0.05, 0.1) is 6.10 Å². The van der Waals surface area contributed by atoms with E-state index in [0.29, 0.717) is 6.10 Å². The summed E-state index contributed by atoms with van der Waals surface area (Å²) in [5.41, 5.74) is 0. The first-order valence-corrected chi connectivity index (χ1v) is 6.96. The zero-order valence-electron chi connectivity index (χ0n) is 9.75. The van der Waals surface area contributed by atoms with Gasteiger partial charge in [-0.05, 0) is 46.5 Å². The van der Waals surface area contributed by atoms with E-state index in [4.69, 9.17) is 4.18 Å². The molecule has 1 atom stereocenters. The van der Waals surface area contributed by atoms with Gasteiger partial charge >= 0.3 is 0 Å². The zero-order valence-corrected chi connectivity index (χ0v) is 10.6. The summed E-state index contributed by atoms with van der Waals surface area (Å²) in [6, 6.07) is 0. The van der Waals surface area contributed by atoms with Gasteiger partial charge in [-0.25, -0.2) is 0 Å². The maximum absolute atomic E-state index is 9.37. The van der Waals surface area contributed by atoms with Crippen molar-refractivity contribution in [2.24, 2.45) is 0 Å². The van der Waals surface area contributed by atoms with Gasteiger partial charge in [0.1, 0.15) is 23.5 Å². The van der Waals surface area contributed by atoms with Crippen molar-refractivity contribution in [3.63, 3.8) is 0 Å². The van der Waals surface area contributed by atoms with Crippen LogP contribution >= 0.6 is 0 Å². The van der Waals surface area contributed by atoms with Crippen LogP contribution in [0.2, 0.25) is 0 Å². The van der Waals surface area contributed by atoms with Gasteiger partial charge in [0.15, 0.2) is 4.75 Å². The molecule has 0 aliphatic heterocycles. The Morgan fingerprint density at radius 1 is 1.14 bits per heavy atom. The minimum Gasteiger partial charge on any atom is -0.393 e. The monoisotopic (exact) mass is 219 g/mol. The summed E-state index contributed by atoms with van der Waals surface area (Å²) in [6.07, 6.45) is 6.33. The molecule has 0 saturated heterocycles. The van der Waals surface area contributed by atoms with E-state index in [0.717, 1.165) is 25.7 Å².